The van der Waals surface area contributed by atoms with E-state index in [2.05, 4.69) is 27.4 Å². The lowest BCUT2D eigenvalue weighted by Crippen LogP contribution is -2.27. The minimum absolute atomic E-state index is 0.142. The summed E-state index contributed by atoms with van der Waals surface area (Å²) in [6, 6.07) is 0. The molecule has 0 aromatic carbocycles. The van der Waals surface area contributed by atoms with E-state index in [0.717, 1.165) is 51.7 Å². The molecule has 3 nitrogen and oxygen atoms in total. The zero-order valence-corrected chi connectivity index (χ0v) is 13.8. The van der Waals surface area contributed by atoms with Gasteiger partial charge in [0.05, 0.1) is 12.7 Å². The van der Waals surface area contributed by atoms with E-state index in [0.29, 0.717) is 12.0 Å². The Morgan fingerprint density at radius 2 is 1.90 bits per heavy atom. The van der Waals surface area contributed by atoms with Crippen molar-refractivity contribution >= 4 is 0 Å². The maximum Gasteiger partial charge on any atom is 0.105 e. The minimum Gasteiger partial charge on any atom is -0.379 e. The van der Waals surface area contributed by atoms with Gasteiger partial charge in [-0.1, -0.05) is 32.8 Å². The third-order valence-electron chi connectivity index (χ3n) is 3.62. The zero-order chi connectivity index (χ0) is 15.2. The molecular formula is C17H35NO2. The van der Waals surface area contributed by atoms with Gasteiger partial charge >= 0.3 is 0 Å². The van der Waals surface area contributed by atoms with E-state index in [4.69, 9.17) is 15.2 Å². The summed E-state index contributed by atoms with van der Waals surface area (Å²) in [6.07, 6.45) is 9.63. The SMILES string of the molecule is C=CCC(CC)COC(N)CCC[C@H](C)OCCCC. The lowest BCUT2D eigenvalue weighted by Gasteiger charge is -2.19. The number of rotatable bonds is 14. The highest BCUT2D eigenvalue weighted by Gasteiger charge is 2.09. The van der Waals surface area contributed by atoms with Gasteiger partial charge in [0, 0.05) is 6.61 Å². The Balaban J connectivity index is 3.56. The van der Waals surface area contributed by atoms with Crippen molar-refractivity contribution in [2.24, 2.45) is 11.7 Å². The summed E-state index contributed by atoms with van der Waals surface area (Å²) in [7, 11) is 0. The summed E-state index contributed by atoms with van der Waals surface area (Å²) >= 11 is 0. The molecule has 3 heteroatoms. The fraction of sp³-hybridized carbons (Fsp3) is 0.882. The average molecular weight is 285 g/mol. The van der Waals surface area contributed by atoms with E-state index in [1.165, 1.54) is 6.42 Å². The van der Waals surface area contributed by atoms with Crippen molar-refractivity contribution in [3.8, 4) is 0 Å². The molecule has 0 amide bonds. The van der Waals surface area contributed by atoms with Crippen LogP contribution in [0.25, 0.3) is 0 Å². The largest absolute Gasteiger partial charge is 0.379 e. The van der Waals surface area contributed by atoms with Gasteiger partial charge in [0.15, 0.2) is 0 Å². The van der Waals surface area contributed by atoms with Crippen molar-refractivity contribution < 1.29 is 9.47 Å². The number of ether oxygens (including phenoxy) is 2. The molecule has 0 aliphatic rings. The topological polar surface area (TPSA) is 44.5 Å². The van der Waals surface area contributed by atoms with E-state index in [1.807, 2.05) is 6.08 Å². The molecule has 2 N–H and O–H groups in total. The number of hydrogen-bond donors (Lipinski definition) is 1. The van der Waals surface area contributed by atoms with Gasteiger partial charge < -0.3 is 15.2 Å². The minimum atomic E-state index is -0.142. The van der Waals surface area contributed by atoms with Crippen LogP contribution in [-0.2, 0) is 9.47 Å². The van der Waals surface area contributed by atoms with Crippen LogP contribution in [0.4, 0.5) is 0 Å². The quantitative estimate of drug-likeness (QED) is 0.294. The van der Waals surface area contributed by atoms with Crippen molar-refractivity contribution in [2.75, 3.05) is 13.2 Å². The molecular weight excluding hydrogens is 250 g/mol. The average Bonchev–Trinajstić information content (AvgIpc) is 2.43. The lowest BCUT2D eigenvalue weighted by molar-refractivity contribution is 0.0192. The molecule has 0 bridgehead atoms. The molecule has 0 spiro atoms. The first-order chi connectivity index (χ1) is 9.63. The number of allylic oxidation sites excluding steroid dienone is 1. The van der Waals surface area contributed by atoms with Crippen molar-refractivity contribution in [2.45, 2.75) is 78.0 Å². The molecule has 0 rings (SSSR count). The first-order valence-electron chi connectivity index (χ1n) is 8.23. The van der Waals surface area contributed by atoms with Crippen molar-refractivity contribution in [1.29, 1.82) is 0 Å². The zero-order valence-electron chi connectivity index (χ0n) is 13.8. The Labute approximate surface area is 125 Å². The van der Waals surface area contributed by atoms with Crippen molar-refractivity contribution in [3.63, 3.8) is 0 Å². The lowest BCUT2D eigenvalue weighted by atomic mass is 10.0. The fourth-order valence-corrected chi connectivity index (χ4v) is 2.05. The van der Waals surface area contributed by atoms with E-state index < -0.39 is 0 Å². The van der Waals surface area contributed by atoms with Crippen LogP contribution >= 0.6 is 0 Å². The molecule has 0 saturated heterocycles. The predicted molar refractivity (Wildman–Crippen MR) is 86.7 cm³/mol. The van der Waals surface area contributed by atoms with Gasteiger partial charge in [-0.2, -0.15) is 0 Å². The molecule has 120 valence electrons. The van der Waals surface area contributed by atoms with E-state index in [9.17, 15) is 0 Å². The summed E-state index contributed by atoms with van der Waals surface area (Å²) < 4.78 is 11.4. The molecule has 0 heterocycles. The van der Waals surface area contributed by atoms with Crippen molar-refractivity contribution in [1.82, 2.24) is 0 Å². The summed E-state index contributed by atoms with van der Waals surface area (Å²) in [6.45, 7) is 11.9. The summed E-state index contributed by atoms with van der Waals surface area (Å²) in [5.41, 5.74) is 5.99. The molecule has 0 radical (unpaired) electrons. The van der Waals surface area contributed by atoms with Gasteiger partial charge in [-0.3, -0.25) is 0 Å². The summed E-state index contributed by atoms with van der Waals surface area (Å²) in [5.74, 6) is 0.551. The number of nitrogens with two attached hydrogens (primary N) is 1. The van der Waals surface area contributed by atoms with E-state index in [-0.39, 0.29) is 6.23 Å². The Hall–Kier alpha value is -0.380. The highest BCUT2D eigenvalue weighted by Crippen LogP contribution is 2.12. The Morgan fingerprint density at radius 1 is 1.15 bits per heavy atom. The second-order valence-corrected chi connectivity index (χ2v) is 5.64. The van der Waals surface area contributed by atoms with Gasteiger partial charge in [-0.05, 0) is 44.9 Å². The maximum absolute atomic E-state index is 5.99. The van der Waals surface area contributed by atoms with Crippen LogP contribution < -0.4 is 5.73 Å². The summed E-state index contributed by atoms with van der Waals surface area (Å²) in [4.78, 5) is 0. The smallest absolute Gasteiger partial charge is 0.105 e. The Kier molecular flexibility index (Phi) is 13.3. The highest BCUT2D eigenvalue weighted by atomic mass is 16.5. The maximum atomic E-state index is 5.99. The second-order valence-electron chi connectivity index (χ2n) is 5.64. The van der Waals surface area contributed by atoms with Crippen LogP contribution in [0.3, 0.4) is 0 Å². The Morgan fingerprint density at radius 3 is 2.50 bits per heavy atom. The third kappa shape index (κ3) is 11.4. The second kappa shape index (κ2) is 13.6. The first-order valence-corrected chi connectivity index (χ1v) is 8.23. The van der Waals surface area contributed by atoms with Crippen LogP contribution in [0.5, 0.6) is 0 Å². The number of unbranched alkanes of at least 4 members (excludes halogenated alkanes) is 1. The third-order valence-corrected chi connectivity index (χ3v) is 3.62. The molecule has 2 unspecified atom stereocenters. The first kappa shape index (κ1) is 19.6. The highest BCUT2D eigenvalue weighted by molar-refractivity contribution is 4.72. The molecule has 0 aromatic heterocycles. The van der Waals surface area contributed by atoms with Crippen LogP contribution in [0.1, 0.15) is 65.7 Å². The summed E-state index contributed by atoms with van der Waals surface area (Å²) in [5, 5.41) is 0. The van der Waals surface area contributed by atoms with Gasteiger partial charge in [-0.15, -0.1) is 6.58 Å². The van der Waals surface area contributed by atoms with Crippen LogP contribution in [0.15, 0.2) is 12.7 Å². The van der Waals surface area contributed by atoms with Gasteiger partial charge in [0.2, 0.25) is 0 Å². The van der Waals surface area contributed by atoms with Crippen molar-refractivity contribution in [3.05, 3.63) is 12.7 Å². The molecule has 0 aliphatic heterocycles. The van der Waals surface area contributed by atoms with Gasteiger partial charge in [0.25, 0.3) is 0 Å². The standard InChI is InChI=1S/C17H35NO2/c1-5-8-13-19-15(4)11-9-12-17(18)20-14-16(7-3)10-6-2/h6,15-17H,2,5,7-14,18H2,1,3-4H3/t15-,16?,17?/m0/s1. The normalized spacial score (nSPS) is 15.8. The molecule has 0 aliphatic carbocycles. The molecule has 3 atom stereocenters. The molecule has 0 saturated carbocycles. The van der Waals surface area contributed by atoms with Crippen LogP contribution in [0.2, 0.25) is 0 Å². The van der Waals surface area contributed by atoms with E-state index in [1.54, 1.807) is 0 Å². The van der Waals surface area contributed by atoms with Crippen LogP contribution in [0, 0.1) is 5.92 Å². The van der Waals surface area contributed by atoms with Gasteiger partial charge in [0.1, 0.15) is 6.23 Å². The Bertz CT molecular complexity index is 221. The molecule has 0 fully saturated rings. The monoisotopic (exact) mass is 285 g/mol. The predicted octanol–water partition coefficient (Wildman–Crippen LogP) is 4.27. The van der Waals surface area contributed by atoms with E-state index >= 15 is 0 Å². The fourth-order valence-electron chi connectivity index (χ4n) is 2.05. The van der Waals surface area contributed by atoms with Gasteiger partial charge in [-0.25, -0.2) is 0 Å². The molecule has 20 heavy (non-hydrogen) atoms. The molecule has 0 aromatic rings. The van der Waals surface area contributed by atoms with Crippen LogP contribution in [-0.4, -0.2) is 25.5 Å². The number of hydrogen-bond acceptors (Lipinski definition) is 3.